The Kier molecular flexibility index (Phi) is 10.5. The first-order valence-electron chi connectivity index (χ1n) is 14.4. The van der Waals surface area contributed by atoms with Gasteiger partial charge in [-0.05, 0) is 88.1 Å². The number of ether oxygens (including phenoxy) is 1. The van der Waals surface area contributed by atoms with E-state index >= 15 is 0 Å². The number of carbonyl (C=O) groups excluding carboxylic acids is 3. The third-order valence-corrected chi connectivity index (χ3v) is 8.38. The maximum atomic E-state index is 13.6. The van der Waals surface area contributed by atoms with Crippen molar-refractivity contribution >= 4 is 33.6 Å². The van der Waals surface area contributed by atoms with Gasteiger partial charge < -0.3 is 25.1 Å². The SMILES string of the molecule is CC(C)(C)OC(=O)N1CCC(CNC(=O)CNC(=O)c2ccc(S(=O)(=O)N(Oc3ccccc3)c3ccccc3)cc2)CC1. The Labute approximate surface area is 258 Å². The summed E-state index contributed by atoms with van der Waals surface area (Å²) in [6.45, 7) is 6.80. The summed E-state index contributed by atoms with van der Waals surface area (Å²) in [6, 6.07) is 22.3. The van der Waals surface area contributed by atoms with Crippen molar-refractivity contribution in [3.8, 4) is 5.75 Å². The minimum atomic E-state index is -4.17. The zero-order chi connectivity index (χ0) is 31.7. The van der Waals surface area contributed by atoms with Gasteiger partial charge >= 0.3 is 6.09 Å². The van der Waals surface area contributed by atoms with Crippen LogP contribution in [0.1, 0.15) is 44.0 Å². The number of hydrogen-bond acceptors (Lipinski definition) is 7. The van der Waals surface area contributed by atoms with Gasteiger partial charge in [0, 0.05) is 25.2 Å². The summed E-state index contributed by atoms with van der Waals surface area (Å²) >= 11 is 0. The number of amides is 3. The predicted octanol–water partition coefficient (Wildman–Crippen LogP) is 4.37. The molecule has 1 saturated heterocycles. The molecular formula is C32H38N4O7S. The van der Waals surface area contributed by atoms with Crippen LogP contribution in [-0.2, 0) is 19.6 Å². The van der Waals surface area contributed by atoms with Crippen LogP contribution in [0.25, 0.3) is 0 Å². The summed E-state index contributed by atoms with van der Waals surface area (Å²) in [6.07, 6.45) is 1.14. The fourth-order valence-electron chi connectivity index (χ4n) is 4.47. The minimum Gasteiger partial charge on any atom is -0.444 e. The lowest BCUT2D eigenvalue weighted by Crippen LogP contribution is -2.44. The molecule has 0 aromatic heterocycles. The van der Waals surface area contributed by atoms with Gasteiger partial charge in [-0.15, -0.1) is 0 Å². The summed E-state index contributed by atoms with van der Waals surface area (Å²) < 4.78 is 33.4. The monoisotopic (exact) mass is 622 g/mol. The molecule has 1 aliphatic rings. The van der Waals surface area contributed by atoms with Gasteiger partial charge in [0.1, 0.15) is 5.60 Å². The van der Waals surface area contributed by atoms with E-state index in [0.717, 1.165) is 17.3 Å². The number of anilines is 1. The molecule has 234 valence electrons. The smallest absolute Gasteiger partial charge is 0.410 e. The Bertz CT molecular complexity index is 1520. The zero-order valence-electron chi connectivity index (χ0n) is 25.1. The predicted molar refractivity (Wildman–Crippen MR) is 165 cm³/mol. The zero-order valence-corrected chi connectivity index (χ0v) is 25.9. The van der Waals surface area contributed by atoms with E-state index in [9.17, 15) is 22.8 Å². The molecule has 4 rings (SSSR count). The lowest BCUT2D eigenvalue weighted by molar-refractivity contribution is -0.120. The second-order valence-corrected chi connectivity index (χ2v) is 13.1. The molecule has 0 bridgehead atoms. The van der Waals surface area contributed by atoms with E-state index in [2.05, 4.69) is 10.6 Å². The number of para-hydroxylation sites is 2. The molecule has 3 aromatic rings. The number of carbonyl (C=O) groups is 3. The third-order valence-electron chi connectivity index (χ3n) is 6.79. The number of rotatable bonds is 10. The van der Waals surface area contributed by atoms with Gasteiger partial charge in [-0.25, -0.2) is 4.79 Å². The lowest BCUT2D eigenvalue weighted by Gasteiger charge is -2.33. The number of nitrogens with zero attached hydrogens (tertiary/aromatic N) is 2. The van der Waals surface area contributed by atoms with E-state index in [1.54, 1.807) is 65.6 Å². The Balaban J connectivity index is 1.28. The molecule has 3 aromatic carbocycles. The van der Waals surface area contributed by atoms with Crippen LogP contribution in [0.15, 0.2) is 89.8 Å². The number of likely N-dealkylation sites (tertiary alicyclic amines) is 1. The van der Waals surface area contributed by atoms with Gasteiger partial charge in [-0.2, -0.15) is 8.42 Å². The number of hydrogen-bond donors (Lipinski definition) is 2. The highest BCUT2D eigenvalue weighted by Gasteiger charge is 2.29. The maximum Gasteiger partial charge on any atom is 0.410 e. The molecular weight excluding hydrogens is 584 g/mol. The number of sulfonamides is 1. The molecule has 0 atom stereocenters. The normalized spacial score (nSPS) is 13.9. The highest BCUT2D eigenvalue weighted by atomic mass is 32.2. The van der Waals surface area contributed by atoms with Gasteiger partial charge in [0.05, 0.1) is 17.1 Å². The molecule has 0 spiro atoms. The first kappa shape index (κ1) is 32.3. The van der Waals surface area contributed by atoms with Crippen molar-refractivity contribution in [2.45, 2.75) is 44.1 Å². The van der Waals surface area contributed by atoms with Crippen molar-refractivity contribution in [2.75, 3.05) is 30.6 Å². The van der Waals surface area contributed by atoms with Crippen molar-refractivity contribution in [3.63, 3.8) is 0 Å². The maximum absolute atomic E-state index is 13.6. The number of nitrogens with one attached hydrogen (secondary N) is 2. The van der Waals surface area contributed by atoms with E-state index in [1.165, 1.54) is 24.3 Å². The van der Waals surface area contributed by atoms with Crippen LogP contribution in [0.4, 0.5) is 10.5 Å². The Morgan fingerprint density at radius 2 is 1.45 bits per heavy atom. The molecule has 12 heteroatoms. The standard InChI is InChI=1S/C32H38N4O7S/c1-32(2,3)42-31(39)35-20-18-24(19-21-35)22-33-29(37)23-34-30(38)25-14-16-28(17-15-25)44(40,41)36(26-10-6-4-7-11-26)43-27-12-8-5-9-13-27/h4-17,24H,18-23H2,1-3H3,(H,33,37)(H,34,38). The lowest BCUT2D eigenvalue weighted by atomic mass is 9.97. The van der Waals surface area contributed by atoms with Crippen molar-refractivity contribution < 1.29 is 32.4 Å². The second kappa shape index (κ2) is 14.3. The van der Waals surface area contributed by atoms with Gasteiger partial charge in [-0.1, -0.05) is 40.9 Å². The minimum absolute atomic E-state index is 0.0794. The number of benzene rings is 3. The summed E-state index contributed by atoms with van der Waals surface area (Å²) in [4.78, 5) is 44.7. The first-order chi connectivity index (χ1) is 20.9. The van der Waals surface area contributed by atoms with Crippen LogP contribution in [0, 0.1) is 5.92 Å². The molecule has 1 fully saturated rings. The molecule has 0 aliphatic carbocycles. The van der Waals surface area contributed by atoms with Gasteiger partial charge in [0.25, 0.3) is 15.9 Å². The molecule has 1 aliphatic heterocycles. The Morgan fingerprint density at radius 1 is 0.864 bits per heavy atom. The van der Waals surface area contributed by atoms with Gasteiger partial charge in [0.15, 0.2) is 5.75 Å². The topological polar surface area (TPSA) is 134 Å². The van der Waals surface area contributed by atoms with E-state index < -0.39 is 21.5 Å². The fourth-order valence-corrected chi connectivity index (χ4v) is 5.73. The molecule has 0 saturated carbocycles. The van der Waals surface area contributed by atoms with Crippen LogP contribution in [-0.4, -0.2) is 63.0 Å². The largest absolute Gasteiger partial charge is 0.444 e. The molecule has 0 unspecified atom stereocenters. The molecule has 3 amide bonds. The van der Waals surface area contributed by atoms with Crippen molar-refractivity contribution in [2.24, 2.45) is 5.92 Å². The van der Waals surface area contributed by atoms with E-state index in [0.29, 0.717) is 31.1 Å². The fraction of sp³-hybridized carbons (Fsp3) is 0.344. The quantitative estimate of drug-likeness (QED) is 0.321. The van der Waals surface area contributed by atoms with Crippen molar-refractivity contribution in [1.82, 2.24) is 15.5 Å². The highest BCUT2D eigenvalue weighted by molar-refractivity contribution is 7.92. The van der Waals surface area contributed by atoms with Crippen LogP contribution in [0.5, 0.6) is 5.75 Å². The van der Waals surface area contributed by atoms with Gasteiger partial charge in [-0.3, -0.25) is 9.59 Å². The van der Waals surface area contributed by atoms with Crippen molar-refractivity contribution in [3.05, 3.63) is 90.5 Å². The Morgan fingerprint density at radius 3 is 2.05 bits per heavy atom. The molecule has 11 nitrogen and oxygen atoms in total. The van der Waals surface area contributed by atoms with Crippen molar-refractivity contribution in [1.29, 1.82) is 0 Å². The summed E-state index contributed by atoms with van der Waals surface area (Å²) in [7, 11) is -4.17. The average Bonchev–Trinajstić information content (AvgIpc) is 3.01. The van der Waals surface area contributed by atoms with E-state index in [4.69, 9.17) is 9.57 Å². The third kappa shape index (κ3) is 8.96. The van der Waals surface area contributed by atoms with Crippen LogP contribution in [0.3, 0.4) is 0 Å². The van der Waals surface area contributed by atoms with E-state index in [1.807, 2.05) is 20.8 Å². The molecule has 0 radical (unpaired) electrons. The number of piperidine rings is 1. The highest BCUT2D eigenvalue weighted by Crippen LogP contribution is 2.26. The average molecular weight is 623 g/mol. The Hall–Kier alpha value is -4.58. The van der Waals surface area contributed by atoms with Crippen LogP contribution < -0.4 is 19.9 Å². The molecule has 44 heavy (non-hydrogen) atoms. The molecule has 2 N–H and O–H groups in total. The summed E-state index contributed by atoms with van der Waals surface area (Å²) in [5, 5.41) is 5.40. The van der Waals surface area contributed by atoms with E-state index in [-0.39, 0.29) is 34.9 Å². The van der Waals surface area contributed by atoms with Gasteiger partial charge in [0.2, 0.25) is 5.91 Å². The summed E-state index contributed by atoms with van der Waals surface area (Å²) in [5.41, 5.74) is -0.0491. The molecule has 1 heterocycles. The van der Waals surface area contributed by atoms with Crippen LogP contribution >= 0.6 is 0 Å². The first-order valence-corrected chi connectivity index (χ1v) is 15.8. The summed E-state index contributed by atoms with van der Waals surface area (Å²) in [5.74, 6) is -0.316. The van der Waals surface area contributed by atoms with Crippen LogP contribution in [0.2, 0.25) is 0 Å². The second-order valence-electron chi connectivity index (χ2n) is 11.4.